The lowest BCUT2D eigenvalue weighted by Crippen LogP contribution is -2.54. The average molecular weight is 455 g/mol. The van der Waals surface area contributed by atoms with E-state index in [0.717, 1.165) is 20.3 Å². The van der Waals surface area contributed by atoms with Gasteiger partial charge in [-0.15, -0.1) is 0 Å². The molecule has 33 heavy (non-hydrogen) atoms. The maximum Gasteiger partial charge on any atom is 0.333 e. The average Bonchev–Trinajstić information content (AvgIpc) is 3.37. The fourth-order valence-electron chi connectivity index (χ4n) is 6.16. The first-order valence-corrected chi connectivity index (χ1v) is 10.9. The molecular formula is C23H25N3O7. The van der Waals surface area contributed by atoms with Gasteiger partial charge in [-0.05, 0) is 29.7 Å². The molecule has 4 aliphatic rings. The first-order chi connectivity index (χ1) is 15.8. The summed E-state index contributed by atoms with van der Waals surface area (Å²) in [5, 5.41) is 22.4. The third-order valence-corrected chi connectivity index (χ3v) is 7.81. The zero-order valence-corrected chi connectivity index (χ0v) is 18.5. The van der Waals surface area contributed by atoms with E-state index in [1.807, 2.05) is 29.2 Å². The van der Waals surface area contributed by atoms with Crippen LogP contribution in [0.4, 0.5) is 0 Å². The Kier molecular flexibility index (Phi) is 4.18. The minimum absolute atomic E-state index is 0.0834. The van der Waals surface area contributed by atoms with E-state index < -0.39 is 28.8 Å². The van der Waals surface area contributed by atoms with Crippen LogP contribution in [-0.2, 0) is 24.2 Å². The molecule has 2 N–H and O–H groups in total. The number of fused-ring (bicyclic) bond motifs is 2. The number of rotatable bonds is 2. The molecule has 6 rings (SSSR count). The van der Waals surface area contributed by atoms with Gasteiger partial charge >= 0.3 is 5.69 Å². The number of hydrogen-bond acceptors (Lipinski definition) is 8. The lowest BCUT2D eigenvalue weighted by molar-refractivity contribution is 0.0586. The fraction of sp³-hybridized carbons (Fsp3) is 0.478. The quantitative estimate of drug-likeness (QED) is 0.603. The Morgan fingerprint density at radius 2 is 1.88 bits per heavy atom. The van der Waals surface area contributed by atoms with Crippen LogP contribution in [0.15, 0.2) is 33.9 Å². The number of aromatic hydroxyl groups is 1. The van der Waals surface area contributed by atoms with E-state index in [0.29, 0.717) is 17.9 Å². The van der Waals surface area contributed by atoms with Crippen molar-refractivity contribution in [3.05, 3.63) is 61.8 Å². The van der Waals surface area contributed by atoms with Gasteiger partial charge in [0.15, 0.2) is 11.5 Å². The number of ether oxygens (including phenoxy) is 3. The van der Waals surface area contributed by atoms with Crippen LogP contribution >= 0.6 is 0 Å². The Morgan fingerprint density at radius 1 is 1.15 bits per heavy atom. The molecule has 0 spiro atoms. The van der Waals surface area contributed by atoms with Crippen molar-refractivity contribution >= 4 is 0 Å². The zero-order valence-electron chi connectivity index (χ0n) is 18.5. The van der Waals surface area contributed by atoms with Gasteiger partial charge in [0.05, 0.1) is 29.2 Å². The van der Waals surface area contributed by atoms with E-state index in [1.165, 1.54) is 14.1 Å². The van der Waals surface area contributed by atoms with Gasteiger partial charge in [-0.3, -0.25) is 18.8 Å². The number of aliphatic hydroxyl groups is 1. The first-order valence-electron chi connectivity index (χ1n) is 10.9. The van der Waals surface area contributed by atoms with E-state index in [2.05, 4.69) is 0 Å². The van der Waals surface area contributed by atoms with Crippen molar-refractivity contribution in [3.8, 4) is 17.4 Å². The number of aromatic nitrogens is 2. The van der Waals surface area contributed by atoms with Gasteiger partial charge in [-0.25, -0.2) is 4.79 Å². The monoisotopic (exact) mass is 455 g/mol. The molecule has 0 radical (unpaired) electrons. The zero-order chi connectivity index (χ0) is 23.2. The summed E-state index contributed by atoms with van der Waals surface area (Å²) < 4.78 is 18.9. The maximum atomic E-state index is 13.3. The third kappa shape index (κ3) is 2.43. The smallest absolute Gasteiger partial charge is 0.333 e. The molecule has 1 fully saturated rings. The van der Waals surface area contributed by atoms with Crippen LogP contribution in [0.25, 0.3) is 0 Å². The van der Waals surface area contributed by atoms with E-state index in [1.54, 1.807) is 7.11 Å². The summed E-state index contributed by atoms with van der Waals surface area (Å²) in [5.74, 6) is 0.729. The minimum atomic E-state index is -0.751. The summed E-state index contributed by atoms with van der Waals surface area (Å²) in [6.07, 6.45) is 3.68. The molecule has 1 saturated heterocycles. The molecule has 3 aliphatic heterocycles. The number of hydrogen-bond donors (Lipinski definition) is 2. The van der Waals surface area contributed by atoms with Crippen LogP contribution in [0, 0.1) is 0 Å². The number of benzene rings is 1. The summed E-state index contributed by atoms with van der Waals surface area (Å²) in [7, 11) is 4.46. The van der Waals surface area contributed by atoms with Crippen LogP contribution in [0.5, 0.6) is 17.4 Å². The third-order valence-electron chi connectivity index (χ3n) is 7.81. The Bertz CT molecular complexity index is 1330. The van der Waals surface area contributed by atoms with Crippen molar-refractivity contribution in [1.29, 1.82) is 0 Å². The summed E-state index contributed by atoms with van der Waals surface area (Å²) in [6.45, 7) is 0.364. The first kappa shape index (κ1) is 20.5. The molecular weight excluding hydrogens is 430 g/mol. The Hall–Kier alpha value is -3.08. The highest BCUT2D eigenvalue weighted by molar-refractivity contribution is 5.60. The van der Waals surface area contributed by atoms with Crippen molar-refractivity contribution < 1.29 is 24.4 Å². The van der Waals surface area contributed by atoms with Gasteiger partial charge in [0.1, 0.15) is 0 Å². The summed E-state index contributed by atoms with van der Waals surface area (Å²) >= 11 is 0. The molecule has 10 heteroatoms. The topological polar surface area (TPSA) is 115 Å². The molecule has 0 saturated carbocycles. The molecule has 10 nitrogen and oxygen atoms in total. The summed E-state index contributed by atoms with van der Waals surface area (Å²) in [4.78, 5) is 27.8. The highest BCUT2D eigenvalue weighted by Gasteiger charge is 2.62. The highest BCUT2D eigenvalue weighted by atomic mass is 16.7. The molecule has 174 valence electrons. The largest absolute Gasteiger partial charge is 0.494 e. The van der Waals surface area contributed by atoms with Crippen LogP contribution < -0.4 is 20.7 Å². The molecule has 2 aromatic rings. The Morgan fingerprint density at radius 3 is 2.61 bits per heavy atom. The lowest BCUT2D eigenvalue weighted by Gasteiger charge is -2.49. The summed E-state index contributed by atoms with van der Waals surface area (Å²) in [6, 6.07) is 2.82. The molecule has 2 bridgehead atoms. The number of methoxy groups -OCH3 is 1. The molecule has 6 atom stereocenters. The van der Waals surface area contributed by atoms with Crippen molar-refractivity contribution in [2.75, 3.05) is 20.4 Å². The van der Waals surface area contributed by atoms with E-state index in [4.69, 9.17) is 14.2 Å². The molecule has 1 unspecified atom stereocenters. The van der Waals surface area contributed by atoms with Crippen molar-refractivity contribution in [2.45, 2.75) is 36.1 Å². The second kappa shape index (κ2) is 6.72. The standard InChI is InChI=1S/C23H25N3O7/c1-24-20(28)18(21(29)25(2)22(24)30)19-12-7-14-15(33-10-32-14)8-13(12)23-5-4-11(31-3)6-16(23)26(19)9-17(23)27/h4-5,7-8,11,16-17,19,27-28H,6,9-10H2,1-3H3/t11-,16+,17-,19-,23-/m0/s1. The molecule has 4 heterocycles. The molecule has 1 aliphatic carbocycles. The van der Waals surface area contributed by atoms with Crippen LogP contribution in [0.2, 0.25) is 0 Å². The van der Waals surface area contributed by atoms with E-state index in [9.17, 15) is 19.8 Å². The van der Waals surface area contributed by atoms with Crippen LogP contribution in [0.3, 0.4) is 0 Å². The molecule has 0 amide bonds. The van der Waals surface area contributed by atoms with E-state index in [-0.39, 0.29) is 36.9 Å². The second-order valence-electron chi connectivity index (χ2n) is 9.17. The van der Waals surface area contributed by atoms with Crippen LogP contribution in [-0.4, -0.2) is 62.9 Å². The Labute approximate surface area is 188 Å². The van der Waals surface area contributed by atoms with Crippen molar-refractivity contribution in [2.24, 2.45) is 14.1 Å². The maximum absolute atomic E-state index is 13.3. The van der Waals surface area contributed by atoms with Gasteiger partial charge in [-0.2, -0.15) is 0 Å². The van der Waals surface area contributed by atoms with Gasteiger partial charge in [0.2, 0.25) is 12.7 Å². The highest BCUT2D eigenvalue weighted by Crippen LogP contribution is 2.58. The summed E-state index contributed by atoms with van der Waals surface area (Å²) in [5.41, 5.74) is -0.260. The van der Waals surface area contributed by atoms with Gasteiger partial charge < -0.3 is 24.4 Å². The van der Waals surface area contributed by atoms with Crippen LogP contribution in [0.1, 0.15) is 29.2 Å². The molecule has 1 aromatic carbocycles. The van der Waals surface area contributed by atoms with Gasteiger partial charge in [-0.1, -0.05) is 12.2 Å². The predicted octanol–water partition coefficient (Wildman–Crippen LogP) is -0.121. The minimum Gasteiger partial charge on any atom is -0.494 e. The SMILES string of the molecule is CO[C@H]1C=C[C@@]23c4cc5c(cc4[C@@H](c4c(O)n(C)c(=O)n(C)c4=O)N(C[C@@H]2O)[C@@H]3C1)OCO5. The number of nitrogens with zero attached hydrogens (tertiary/aromatic N) is 3. The van der Waals surface area contributed by atoms with Crippen molar-refractivity contribution in [3.63, 3.8) is 0 Å². The van der Waals surface area contributed by atoms with Gasteiger partial charge in [0, 0.05) is 33.8 Å². The normalized spacial score (nSPS) is 33.2. The molecule has 1 aromatic heterocycles. The van der Waals surface area contributed by atoms with Crippen molar-refractivity contribution in [1.82, 2.24) is 14.0 Å². The van der Waals surface area contributed by atoms with E-state index >= 15 is 0 Å². The number of aliphatic hydroxyl groups excluding tert-OH is 1. The second-order valence-corrected chi connectivity index (χ2v) is 9.17. The predicted molar refractivity (Wildman–Crippen MR) is 116 cm³/mol. The fourth-order valence-corrected chi connectivity index (χ4v) is 6.16. The Balaban J connectivity index is 1.69. The lowest BCUT2D eigenvalue weighted by atomic mass is 9.63. The van der Waals surface area contributed by atoms with Gasteiger partial charge in [0.25, 0.3) is 5.56 Å².